The average molecular weight is 290 g/mol. The van der Waals surface area contributed by atoms with Crippen LogP contribution in [0.2, 0.25) is 0 Å². The van der Waals surface area contributed by atoms with Crippen molar-refractivity contribution in [3.8, 4) is 0 Å². The third kappa shape index (κ3) is 3.64. The predicted octanol–water partition coefficient (Wildman–Crippen LogP) is 1.90. The molecule has 2 rings (SSSR count). The molecule has 0 spiro atoms. The summed E-state index contributed by atoms with van der Waals surface area (Å²) in [5, 5.41) is 23.4. The van der Waals surface area contributed by atoms with Crippen LogP contribution in [-0.4, -0.2) is 40.6 Å². The van der Waals surface area contributed by atoms with E-state index in [-0.39, 0.29) is 6.61 Å². The number of aromatic nitrogens is 1. The molecule has 0 unspecified atom stereocenters. The first-order chi connectivity index (χ1) is 10.0. The second-order valence-electron chi connectivity index (χ2n) is 5.78. The zero-order valence-electron chi connectivity index (χ0n) is 13.2. The number of hydrogen-bond acceptors (Lipinski definition) is 3. The van der Waals surface area contributed by atoms with Crippen LogP contribution in [0.3, 0.4) is 0 Å². The molecule has 21 heavy (non-hydrogen) atoms. The number of rotatable bonds is 7. The highest BCUT2D eigenvalue weighted by atomic mass is 16.3. The summed E-state index contributed by atoms with van der Waals surface area (Å²) in [5.41, 5.74) is 4.94. The molecule has 0 amide bonds. The molecule has 1 aromatic carbocycles. The van der Waals surface area contributed by atoms with E-state index in [1.54, 1.807) is 0 Å². The van der Waals surface area contributed by atoms with Crippen molar-refractivity contribution < 1.29 is 10.2 Å². The van der Waals surface area contributed by atoms with Gasteiger partial charge < -0.3 is 20.1 Å². The Labute approximate surface area is 126 Å². The standard InChI is InChI=1S/C17H26N2O2/c1-12-5-6-17-16(9-12)13(2)14(3)19(17)11-15(21)10-18-7-4-8-20/h5-6,9,15,18,20-21H,4,7-8,10-11H2,1-3H3/t15-/m0/s1. The maximum Gasteiger partial charge on any atom is 0.0843 e. The largest absolute Gasteiger partial charge is 0.396 e. The van der Waals surface area contributed by atoms with Crippen LogP contribution in [-0.2, 0) is 6.54 Å². The van der Waals surface area contributed by atoms with E-state index in [2.05, 4.69) is 48.9 Å². The van der Waals surface area contributed by atoms with Crippen molar-refractivity contribution in [1.29, 1.82) is 0 Å². The van der Waals surface area contributed by atoms with E-state index in [9.17, 15) is 5.11 Å². The average Bonchev–Trinajstić information content (AvgIpc) is 2.69. The zero-order valence-corrected chi connectivity index (χ0v) is 13.2. The molecule has 0 radical (unpaired) electrons. The summed E-state index contributed by atoms with van der Waals surface area (Å²) < 4.78 is 2.20. The Morgan fingerprint density at radius 3 is 2.71 bits per heavy atom. The number of nitrogens with one attached hydrogen (secondary N) is 1. The summed E-state index contributed by atoms with van der Waals surface area (Å²) in [6.45, 7) is 8.40. The van der Waals surface area contributed by atoms with Crippen molar-refractivity contribution >= 4 is 10.9 Å². The van der Waals surface area contributed by atoms with Gasteiger partial charge in [0, 0.05) is 29.7 Å². The molecule has 0 aliphatic carbocycles. The van der Waals surface area contributed by atoms with E-state index < -0.39 is 6.10 Å². The maximum atomic E-state index is 10.2. The lowest BCUT2D eigenvalue weighted by Crippen LogP contribution is -2.31. The van der Waals surface area contributed by atoms with Gasteiger partial charge in [0.1, 0.15) is 0 Å². The van der Waals surface area contributed by atoms with E-state index in [4.69, 9.17) is 5.11 Å². The third-order valence-corrected chi connectivity index (χ3v) is 4.08. The monoisotopic (exact) mass is 290 g/mol. The molecule has 0 bridgehead atoms. The van der Waals surface area contributed by atoms with Crippen molar-refractivity contribution in [3.63, 3.8) is 0 Å². The molecule has 3 N–H and O–H groups in total. The highest BCUT2D eigenvalue weighted by molar-refractivity contribution is 5.85. The molecule has 4 nitrogen and oxygen atoms in total. The lowest BCUT2D eigenvalue weighted by molar-refractivity contribution is 0.151. The van der Waals surface area contributed by atoms with Gasteiger partial charge in [-0.3, -0.25) is 0 Å². The van der Waals surface area contributed by atoms with Gasteiger partial charge in [0.2, 0.25) is 0 Å². The fraction of sp³-hybridized carbons (Fsp3) is 0.529. The van der Waals surface area contributed by atoms with E-state index >= 15 is 0 Å². The van der Waals surface area contributed by atoms with E-state index in [1.165, 1.54) is 27.7 Å². The summed E-state index contributed by atoms with van der Waals surface area (Å²) in [5.74, 6) is 0. The Morgan fingerprint density at radius 1 is 1.24 bits per heavy atom. The molecular formula is C17H26N2O2. The van der Waals surface area contributed by atoms with Crippen LogP contribution in [0.4, 0.5) is 0 Å². The minimum Gasteiger partial charge on any atom is -0.396 e. The number of fused-ring (bicyclic) bond motifs is 1. The van der Waals surface area contributed by atoms with Gasteiger partial charge in [-0.15, -0.1) is 0 Å². The van der Waals surface area contributed by atoms with Crippen molar-refractivity contribution in [2.24, 2.45) is 0 Å². The Kier molecular flexibility index (Phi) is 5.39. The third-order valence-electron chi connectivity index (χ3n) is 4.08. The minimum atomic E-state index is -0.432. The summed E-state index contributed by atoms with van der Waals surface area (Å²) in [6.07, 6.45) is 0.287. The molecule has 0 saturated heterocycles. The van der Waals surface area contributed by atoms with Crippen LogP contribution in [0.15, 0.2) is 18.2 Å². The normalized spacial score (nSPS) is 13.0. The quantitative estimate of drug-likeness (QED) is 0.683. The van der Waals surface area contributed by atoms with Crippen molar-refractivity contribution in [3.05, 3.63) is 35.0 Å². The maximum absolute atomic E-state index is 10.2. The molecule has 1 aromatic heterocycles. The number of aliphatic hydroxyl groups excluding tert-OH is 2. The van der Waals surface area contributed by atoms with Crippen LogP contribution in [0, 0.1) is 20.8 Å². The van der Waals surface area contributed by atoms with Crippen molar-refractivity contribution in [2.45, 2.75) is 39.8 Å². The van der Waals surface area contributed by atoms with Crippen LogP contribution < -0.4 is 5.32 Å². The minimum absolute atomic E-state index is 0.184. The number of nitrogens with zero attached hydrogens (tertiary/aromatic N) is 1. The summed E-state index contributed by atoms with van der Waals surface area (Å²) in [6, 6.07) is 6.46. The van der Waals surface area contributed by atoms with Gasteiger partial charge >= 0.3 is 0 Å². The lowest BCUT2D eigenvalue weighted by atomic mass is 10.1. The smallest absolute Gasteiger partial charge is 0.0843 e. The molecule has 116 valence electrons. The van der Waals surface area contributed by atoms with E-state index in [0.29, 0.717) is 13.1 Å². The first-order valence-corrected chi connectivity index (χ1v) is 7.60. The van der Waals surface area contributed by atoms with E-state index in [0.717, 1.165) is 13.0 Å². The zero-order chi connectivity index (χ0) is 15.4. The van der Waals surface area contributed by atoms with Gasteiger partial charge in [0.15, 0.2) is 0 Å². The Hall–Kier alpha value is -1.36. The predicted molar refractivity (Wildman–Crippen MR) is 86.7 cm³/mol. The highest BCUT2D eigenvalue weighted by Gasteiger charge is 2.13. The molecule has 0 aliphatic heterocycles. The molecule has 0 saturated carbocycles. The summed E-state index contributed by atoms with van der Waals surface area (Å²) in [4.78, 5) is 0. The molecule has 1 heterocycles. The fourth-order valence-corrected chi connectivity index (χ4v) is 2.75. The first kappa shape index (κ1) is 16.0. The van der Waals surface area contributed by atoms with Gasteiger partial charge in [-0.25, -0.2) is 0 Å². The molecule has 4 heteroatoms. The van der Waals surface area contributed by atoms with E-state index in [1.807, 2.05) is 0 Å². The number of aliphatic hydroxyl groups is 2. The van der Waals surface area contributed by atoms with Gasteiger partial charge in [-0.1, -0.05) is 11.6 Å². The molecule has 0 aliphatic rings. The molecule has 0 fully saturated rings. The molecule has 2 aromatic rings. The lowest BCUT2D eigenvalue weighted by Gasteiger charge is -2.15. The second-order valence-corrected chi connectivity index (χ2v) is 5.78. The van der Waals surface area contributed by atoms with Crippen LogP contribution >= 0.6 is 0 Å². The van der Waals surface area contributed by atoms with Crippen molar-refractivity contribution in [1.82, 2.24) is 9.88 Å². The van der Waals surface area contributed by atoms with Crippen LogP contribution in [0.5, 0.6) is 0 Å². The van der Waals surface area contributed by atoms with Crippen LogP contribution in [0.1, 0.15) is 23.2 Å². The second kappa shape index (κ2) is 7.07. The van der Waals surface area contributed by atoms with Gasteiger partial charge in [0.25, 0.3) is 0 Å². The Morgan fingerprint density at radius 2 is 2.00 bits per heavy atom. The van der Waals surface area contributed by atoms with Gasteiger partial charge in [0.05, 0.1) is 12.6 Å². The number of hydrogen-bond donors (Lipinski definition) is 3. The highest BCUT2D eigenvalue weighted by Crippen LogP contribution is 2.26. The van der Waals surface area contributed by atoms with Crippen molar-refractivity contribution in [2.75, 3.05) is 19.7 Å². The number of benzene rings is 1. The summed E-state index contributed by atoms with van der Waals surface area (Å²) >= 11 is 0. The Bertz CT molecular complexity index is 604. The van der Waals surface area contributed by atoms with Gasteiger partial charge in [-0.2, -0.15) is 0 Å². The summed E-state index contributed by atoms with van der Waals surface area (Å²) in [7, 11) is 0. The van der Waals surface area contributed by atoms with Gasteiger partial charge in [-0.05, 0) is 51.4 Å². The molecule has 1 atom stereocenters. The fourth-order valence-electron chi connectivity index (χ4n) is 2.75. The molecular weight excluding hydrogens is 264 g/mol. The Balaban J connectivity index is 2.13. The topological polar surface area (TPSA) is 57.4 Å². The van der Waals surface area contributed by atoms with Crippen LogP contribution in [0.25, 0.3) is 10.9 Å². The SMILES string of the molecule is Cc1ccc2c(c1)c(C)c(C)n2C[C@@H](O)CNCCCO. The number of aryl methyl sites for hydroxylation is 2. The first-order valence-electron chi connectivity index (χ1n) is 7.60.